The molecule has 22 rings (SSSR count). The SMILES string of the molecule is CC1CN([C@H]2CC(O)[C@@H](CO)O2)C(=O)NC1=O.O=[N+]([O-])c1cccc2c1ccn2[C@H]1CC(O)[C@@H](CO)O1.OC[C@H]1O[C@H](c2c3ccccc3c3ccc4cccc5ccc2c3c54)CC1O.OC[C@H]1O[C@H](c2ccc3c4cccc5cccc(c6cccc2c63)c54)CC1O.OC[C@H]1O[C@H](c2ccc3ccc4cccc5ccc2c3c45)CC1O. The summed E-state index contributed by atoms with van der Waals surface area (Å²) < 4.78 is 30.7. The van der Waals surface area contributed by atoms with Gasteiger partial charge in [0.15, 0.2) is 0 Å². The number of hydrogen-bond donors (Lipinski definition) is 11. The molecule has 16 atom stereocenters. The molecule has 0 radical (unpaired) electrons. The molecule has 6 aliphatic rings. The van der Waals surface area contributed by atoms with Crippen LogP contribution in [-0.2, 0) is 28.5 Å². The molecular formula is C94H88N4O19. The number of aliphatic hydroxyl groups excluding tert-OH is 10. The van der Waals surface area contributed by atoms with Gasteiger partial charge in [-0.25, -0.2) is 4.79 Å². The van der Waals surface area contributed by atoms with Crippen molar-refractivity contribution in [1.82, 2.24) is 14.8 Å². The summed E-state index contributed by atoms with van der Waals surface area (Å²) in [6.45, 7) is 0.960. The standard InChI is InChI=1S/2C25H20O3.C21H18O3.C13H14N2O5.C10H16N2O5/c26-13-23-21(27)12-22(28-23)15-10-11-20-18-7-2-5-14-4-1-6-17(24(14)18)19-9-3-8-16(15)25(19)20;26-13-22-20(27)12-21(28-22)24-17-7-2-1-6-16(17)18-10-8-14-4-3-5-15-9-11-19(24)25(18)23(14)15;22-11-19-17(23)10-18(24-19)15-8-6-14-5-4-12-2-1-3-13-7-9-16(15)21(14)20(12)13;16-7-12-11(17)6-13(20-12)14-5-4-8-9(14)2-1-3-10(8)15(18)19;1-5-3-12(10(16)11-9(5)15)8-2-6(14)7(4-13)17-8/h1-11,21-23,26-27H,12-13H2;1-11,20-22,26-27H,12-13H2;1-9,17-19,22-23H,10-11H2;1-5,11-13,16-17H,6-7H2;5-8,13-14H,2-4H2,1H3,(H,11,15,16)/t21?,22-,23+;20?,21-,22+;17?,18-,19+;11?,12-,13-;5?,6?,7-,8-/m00011/s1. The molecule has 117 heavy (non-hydrogen) atoms. The van der Waals surface area contributed by atoms with Crippen molar-refractivity contribution in [3.05, 3.63) is 245 Å². The Morgan fingerprint density at radius 1 is 0.376 bits per heavy atom. The first-order valence-corrected chi connectivity index (χ1v) is 39.8. The lowest BCUT2D eigenvalue weighted by Crippen LogP contribution is -2.57. The van der Waals surface area contributed by atoms with Gasteiger partial charge >= 0.3 is 6.03 Å². The van der Waals surface area contributed by atoms with Crippen LogP contribution >= 0.6 is 0 Å². The smallest absolute Gasteiger partial charge is 0.326 e. The quantitative estimate of drug-likeness (QED) is 0.0248. The molecule has 0 aliphatic carbocycles. The number of amides is 3. The number of benzene rings is 15. The van der Waals surface area contributed by atoms with Crippen LogP contribution in [0.1, 0.15) is 80.3 Å². The van der Waals surface area contributed by atoms with Crippen LogP contribution in [0.5, 0.6) is 0 Å². The monoisotopic (exact) mass is 1580 g/mol. The Morgan fingerprint density at radius 3 is 1.34 bits per heavy atom. The molecule has 11 N–H and O–H groups in total. The first kappa shape index (κ1) is 77.5. The number of nitro benzene ring substituents is 1. The molecule has 7 heterocycles. The van der Waals surface area contributed by atoms with Gasteiger partial charge in [0.1, 0.15) is 43.0 Å². The fraction of sp³-hybridized carbons (Fsp3) is 0.298. The number of rotatable bonds is 11. The molecule has 6 saturated heterocycles. The normalized spacial score (nSPS) is 26.0. The zero-order valence-electron chi connectivity index (χ0n) is 63.8. The van der Waals surface area contributed by atoms with Gasteiger partial charge < -0.3 is 79.3 Å². The molecule has 6 unspecified atom stereocenters. The highest BCUT2D eigenvalue weighted by atomic mass is 16.6. The third kappa shape index (κ3) is 13.8. The minimum Gasteiger partial charge on any atom is -0.394 e. The van der Waals surface area contributed by atoms with Crippen molar-refractivity contribution in [2.24, 2.45) is 5.92 Å². The van der Waals surface area contributed by atoms with E-state index < -0.39 is 84.4 Å². The fourth-order valence-corrected chi connectivity index (χ4v) is 18.9. The Balaban J connectivity index is 0.000000102. The fourth-order valence-electron chi connectivity index (χ4n) is 18.9. The van der Waals surface area contributed by atoms with Gasteiger partial charge in [-0.3, -0.25) is 25.1 Å². The number of carbonyl (C=O) groups is 2. The number of fused-ring (bicyclic) bond motifs is 5. The summed E-state index contributed by atoms with van der Waals surface area (Å²) in [4.78, 5) is 34.8. The molecule has 3 amide bonds. The van der Waals surface area contributed by atoms with Gasteiger partial charge in [-0.15, -0.1) is 0 Å². The van der Waals surface area contributed by atoms with Crippen molar-refractivity contribution < 1.29 is 89.3 Å². The zero-order valence-corrected chi connectivity index (χ0v) is 63.8. The van der Waals surface area contributed by atoms with E-state index in [1.165, 1.54) is 119 Å². The van der Waals surface area contributed by atoms with Crippen LogP contribution in [0.2, 0.25) is 0 Å². The molecule has 15 aromatic carbocycles. The van der Waals surface area contributed by atoms with Crippen LogP contribution in [0.4, 0.5) is 10.5 Å². The number of nitrogens with one attached hydrogen (secondary N) is 1. The van der Waals surface area contributed by atoms with Crippen LogP contribution < -0.4 is 5.32 Å². The second-order valence-electron chi connectivity index (χ2n) is 31.5. The molecule has 6 aliphatic heterocycles. The van der Waals surface area contributed by atoms with Crippen molar-refractivity contribution >= 4 is 147 Å². The first-order valence-electron chi connectivity index (χ1n) is 39.8. The van der Waals surface area contributed by atoms with Crippen LogP contribution in [0, 0.1) is 16.0 Å². The summed E-state index contributed by atoms with van der Waals surface area (Å²) >= 11 is 0. The Kier molecular flexibility index (Phi) is 21.1. The second-order valence-corrected chi connectivity index (χ2v) is 31.5. The maximum absolute atomic E-state index is 11.6. The third-order valence-corrected chi connectivity index (χ3v) is 24.7. The molecule has 0 spiro atoms. The van der Waals surface area contributed by atoms with Gasteiger partial charge in [-0.1, -0.05) is 201 Å². The Morgan fingerprint density at radius 2 is 0.769 bits per heavy atom. The number of urea groups is 1. The topological polar surface area (TPSA) is 346 Å². The molecule has 1 aromatic heterocycles. The molecule has 598 valence electrons. The highest BCUT2D eigenvalue weighted by Crippen LogP contribution is 2.49. The van der Waals surface area contributed by atoms with E-state index in [9.17, 15) is 60.6 Å². The van der Waals surface area contributed by atoms with Crippen molar-refractivity contribution in [3.63, 3.8) is 0 Å². The first-order chi connectivity index (χ1) is 56.9. The summed E-state index contributed by atoms with van der Waals surface area (Å²) in [5.41, 5.74) is 4.02. The summed E-state index contributed by atoms with van der Waals surface area (Å²) in [5.74, 6) is -0.606. The molecule has 0 bridgehead atoms. The highest BCUT2D eigenvalue weighted by Gasteiger charge is 2.44. The maximum Gasteiger partial charge on any atom is 0.326 e. The highest BCUT2D eigenvalue weighted by molar-refractivity contribution is 6.34. The zero-order chi connectivity index (χ0) is 80.8. The maximum atomic E-state index is 11.6. The van der Waals surface area contributed by atoms with Crippen molar-refractivity contribution in [1.29, 1.82) is 0 Å². The molecular weight excluding hydrogens is 1490 g/mol. The summed E-state index contributed by atoms with van der Waals surface area (Å²) in [6, 6.07) is 72.6. The number of nitro groups is 1. The van der Waals surface area contributed by atoms with Crippen molar-refractivity contribution in [2.45, 2.75) is 131 Å². The number of nitrogens with zero attached hydrogens (tertiary/aromatic N) is 3. The van der Waals surface area contributed by atoms with Crippen LogP contribution in [0.3, 0.4) is 0 Å². The average Bonchev–Trinajstić information content (AvgIpc) is 1.73. The third-order valence-electron chi connectivity index (χ3n) is 24.7. The van der Waals surface area contributed by atoms with Gasteiger partial charge in [0.2, 0.25) is 5.91 Å². The lowest BCUT2D eigenvalue weighted by atomic mass is 9.85. The number of hydrogen-bond acceptors (Lipinski definition) is 19. The summed E-state index contributed by atoms with van der Waals surface area (Å²) in [6.07, 6.45) is -4.02. The Hall–Kier alpha value is -10.8. The largest absolute Gasteiger partial charge is 0.394 e. The van der Waals surface area contributed by atoms with E-state index in [0.717, 1.165) is 27.5 Å². The van der Waals surface area contributed by atoms with E-state index in [-0.39, 0.29) is 81.8 Å². The number of imide groups is 1. The predicted octanol–water partition coefficient (Wildman–Crippen LogP) is 13.4. The van der Waals surface area contributed by atoms with Gasteiger partial charge in [-0.2, -0.15) is 0 Å². The molecule has 0 saturated carbocycles. The van der Waals surface area contributed by atoms with E-state index in [1.807, 2.05) is 0 Å². The lowest BCUT2D eigenvalue weighted by molar-refractivity contribution is -0.383. The van der Waals surface area contributed by atoms with E-state index in [1.54, 1.807) is 35.9 Å². The summed E-state index contributed by atoms with van der Waals surface area (Å²) in [5, 5.41) is 137. The van der Waals surface area contributed by atoms with Crippen LogP contribution in [-0.4, -0.2) is 184 Å². The minimum absolute atomic E-state index is 0.0403. The van der Waals surface area contributed by atoms with Gasteiger partial charge in [0.05, 0.1) is 104 Å². The van der Waals surface area contributed by atoms with Gasteiger partial charge in [0, 0.05) is 50.9 Å². The number of non-ortho nitro benzene ring substituents is 1. The number of carbonyl (C=O) groups excluding carboxylic acids is 2. The van der Waals surface area contributed by atoms with Gasteiger partial charge in [0.25, 0.3) is 5.69 Å². The number of ether oxygens (including phenoxy) is 5. The average molecular weight is 1580 g/mol. The Labute approximate surface area is 669 Å². The molecule has 23 nitrogen and oxygen atoms in total. The number of aromatic nitrogens is 1. The van der Waals surface area contributed by atoms with Crippen molar-refractivity contribution in [2.75, 3.05) is 39.6 Å². The molecule has 6 fully saturated rings. The molecule has 16 aromatic rings. The van der Waals surface area contributed by atoms with Gasteiger partial charge in [-0.05, 0) is 147 Å². The van der Waals surface area contributed by atoms with E-state index in [0.29, 0.717) is 36.6 Å². The minimum atomic E-state index is -0.786. The Bertz CT molecular complexity index is 6340. The molecule has 23 heteroatoms. The van der Waals surface area contributed by atoms with E-state index in [2.05, 4.69) is 193 Å². The van der Waals surface area contributed by atoms with Crippen LogP contribution in [0.15, 0.2) is 219 Å². The lowest BCUT2D eigenvalue weighted by Gasteiger charge is -2.34. The number of aliphatic hydroxyl groups is 10. The van der Waals surface area contributed by atoms with Crippen molar-refractivity contribution in [3.8, 4) is 0 Å². The predicted molar refractivity (Wildman–Crippen MR) is 447 cm³/mol. The summed E-state index contributed by atoms with van der Waals surface area (Å²) in [7, 11) is 0. The van der Waals surface area contributed by atoms with E-state index in [4.69, 9.17) is 33.9 Å². The second kappa shape index (κ2) is 31.9. The van der Waals surface area contributed by atoms with Crippen LogP contribution in [0.25, 0.3) is 129 Å². The van der Waals surface area contributed by atoms with E-state index >= 15 is 0 Å².